The molecule has 0 spiro atoms. The van der Waals surface area contributed by atoms with Crippen LogP contribution in [0, 0.1) is 6.92 Å². The molecule has 1 aliphatic rings. The number of aryl methyl sites for hydroxylation is 1. The second-order valence-corrected chi connectivity index (χ2v) is 7.19. The first-order valence-electron chi connectivity index (χ1n) is 8.26. The molecule has 1 atom stereocenters. The quantitative estimate of drug-likeness (QED) is 0.736. The summed E-state index contributed by atoms with van der Waals surface area (Å²) in [7, 11) is 0. The number of amides is 2. The van der Waals surface area contributed by atoms with Gasteiger partial charge in [-0.05, 0) is 42.5 Å². The van der Waals surface area contributed by atoms with Gasteiger partial charge in [-0.25, -0.2) is 4.98 Å². The van der Waals surface area contributed by atoms with Gasteiger partial charge in [0.05, 0.1) is 17.3 Å². The maximum absolute atomic E-state index is 12.6. The molecule has 0 aliphatic carbocycles. The molecule has 26 heavy (non-hydrogen) atoms. The van der Waals surface area contributed by atoms with E-state index < -0.39 is 0 Å². The zero-order valence-corrected chi connectivity index (χ0v) is 15.1. The van der Waals surface area contributed by atoms with Gasteiger partial charge in [0.1, 0.15) is 5.76 Å². The Kier molecular flexibility index (Phi) is 4.08. The third kappa shape index (κ3) is 3.01. The predicted molar refractivity (Wildman–Crippen MR) is 99.2 cm³/mol. The summed E-state index contributed by atoms with van der Waals surface area (Å²) in [5, 5.41) is 7.69. The lowest BCUT2D eigenvalue weighted by Gasteiger charge is -2.14. The number of carbonyl (C=O) groups excluding carboxylic acids is 2. The molecule has 132 valence electrons. The van der Waals surface area contributed by atoms with Crippen molar-refractivity contribution in [3.8, 4) is 10.8 Å². The van der Waals surface area contributed by atoms with E-state index in [-0.39, 0.29) is 17.9 Å². The molecule has 2 N–H and O–H groups in total. The fourth-order valence-electron chi connectivity index (χ4n) is 2.98. The third-order valence-electron chi connectivity index (χ3n) is 4.35. The van der Waals surface area contributed by atoms with E-state index in [9.17, 15) is 9.59 Å². The summed E-state index contributed by atoms with van der Waals surface area (Å²) in [4.78, 5) is 29.3. The molecule has 0 saturated carbocycles. The van der Waals surface area contributed by atoms with Crippen LogP contribution in [0.15, 0.2) is 40.1 Å². The van der Waals surface area contributed by atoms with Crippen molar-refractivity contribution in [1.82, 2.24) is 10.3 Å². The molecule has 1 aliphatic heterocycles. The molecule has 1 aromatic carbocycles. The van der Waals surface area contributed by atoms with Crippen molar-refractivity contribution in [1.29, 1.82) is 0 Å². The molecule has 1 unspecified atom stereocenters. The number of benzene rings is 1. The van der Waals surface area contributed by atoms with Crippen LogP contribution in [0.2, 0.25) is 0 Å². The fourth-order valence-corrected chi connectivity index (χ4v) is 3.63. The normalized spacial score (nSPS) is 14.0. The van der Waals surface area contributed by atoms with Crippen LogP contribution in [0.4, 0.5) is 5.69 Å². The molecule has 6 nitrogen and oxygen atoms in total. The smallest absolute Gasteiger partial charge is 0.274 e. The van der Waals surface area contributed by atoms with E-state index in [4.69, 9.17) is 4.42 Å². The Morgan fingerprint density at radius 1 is 1.38 bits per heavy atom. The second-order valence-electron chi connectivity index (χ2n) is 6.24. The molecule has 0 radical (unpaired) electrons. The number of carbonyl (C=O) groups is 2. The van der Waals surface area contributed by atoms with Gasteiger partial charge < -0.3 is 15.1 Å². The number of aromatic nitrogens is 1. The van der Waals surface area contributed by atoms with Crippen molar-refractivity contribution in [2.24, 2.45) is 0 Å². The number of anilines is 1. The van der Waals surface area contributed by atoms with Crippen LogP contribution < -0.4 is 10.6 Å². The van der Waals surface area contributed by atoms with Gasteiger partial charge in [-0.1, -0.05) is 18.2 Å². The summed E-state index contributed by atoms with van der Waals surface area (Å²) in [6.07, 6.45) is 0.371. The Hall–Kier alpha value is -2.93. The van der Waals surface area contributed by atoms with Crippen molar-refractivity contribution in [3.05, 3.63) is 58.3 Å². The topological polar surface area (TPSA) is 84.2 Å². The molecule has 2 amide bonds. The molecular weight excluding hydrogens is 350 g/mol. The number of oxazole rings is 1. The SMILES string of the molecule is Cc1oc(-c2cccs2)nc1C(=O)NC(C)c1ccc2c(c1)CC(=O)N2. The lowest BCUT2D eigenvalue weighted by Crippen LogP contribution is -2.27. The summed E-state index contributed by atoms with van der Waals surface area (Å²) >= 11 is 1.51. The van der Waals surface area contributed by atoms with Crippen LogP contribution in [0.25, 0.3) is 10.8 Å². The highest BCUT2D eigenvalue weighted by Gasteiger charge is 2.22. The minimum Gasteiger partial charge on any atom is -0.440 e. The Bertz CT molecular complexity index is 992. The number of hydrogen-bond acceptors (Lipinski definition) is 5. The first-order chi connectivity index (χ1) is 12.5. The molecule has 0 saturated heterocycles. The van der Waals surface area contributed by atoms with Crippen LogP contribution in [0.1, 0.15) is 40.3 Å². The zero-order chi connectivity index (χ0) is 18.3. The van der Waals surface area contributed by atoms with E-state index in [0.29, 0.717) is 23.8 Å². The molecule has 0 bridgehead atoms. The lowest BCUT2D eigenvalue weighted by atomic mass is 10.0. The van der Waals surface area contributed by atoms with Gasteiger partial charge in [-0.3, -0.25) is 9.59 Å². The fraction of sp³-hybridized carbons (Fsp3) is 0.211. The average Bonchev–Trinajstić information content (AvgIpc) is 3.31. The number of rotatable bonds is 4. The first kappa shape index (κ1) is 16.5. The van der Waals surface area contributed by atoms with Crippen LogP contribution >= 0.6 is 11.3 Å². The summed E-state index contributed by atoms with van der Waals surface area (Å²) < 4.78 is 5.63. The van der Waals surface area contributed by atoms with Gasteiger partial charge in [-0.15, -0.1) is 11.3 Å². The minimum absolute atomic E-state index is 0.00633. The molecule has 2 aromatic heterocycles. The second kappa shape index (κ2) is 6.42. The third-order valence-corrected chi connectivity index (χ3v) is 5.20. The van der Waals surface area contributed by atoms with Crippen LogP contribution in [0.3, 0.4) is 0 Å². The van der Waals surface area contributed by atoms with E-state index in [2.05, 4.69) is 15.6 Å². The molecule has 3 heterocycles. The van der Waals surface area contributed by atoms with Crippen molar-refractivity contribution in [3.63, 3.8) is 0 Å². The molecule has 0 fully saturated rings. The summed E-state index contributed by atoms with van der Waals surface area (Å²) in [5.41, 5.74) is 3.02. The van der Waals surface area contributed by atoms with Gasteiger partial charge in [0, 0.05) is 5.69 Å². The first-order valence-corrected chi connectivity index (χ1v) is 9.14. The number of nitrogens with zero attached hydrogens (tertiary/aromatic N) is 1. The summed E-state index contributed by atoms with van der Waals surface area (Å²) in [6, 6.07) is 9.32. The van der Waals surface area contributed by atoms with Gasteiger partial charge >= 0.3 is 0 Å². The predicted octanol–water partition coefficient (Wildman–Crippen LogP) is 3.70. The molecule has 3 aromatic rings. The van der Waals surface area contributed by atoms with Crippen molar-refractivity contribution in [2.45, 2.75) is 26.3 Å². The van der Waals surface area contributed by atoms with Gasteiger partial charge in [-0.2, -0.15) is 0 Å². The van der Waals surface area contributed by atoms with Gasteiger partial charge in [0.25, 0.3) is 5.91 Å². The summed E-state index contributed by atoms with van der Waals surface area (Å²) in [6.45, 7) is 3.63. The number of hydrogen-bond donors (Lipinski definition) is 2. The van der Waals surface area contributed by atoms with Crippen molar-refractivity contribution < 1.29 is 14.0 Å². The Labute approximate surface area is 154 Å². The number of thiophene rings is 1. The highest BCUT2D eigenvalue weighted by atomic mass is 32.1. The van der Waals surface area contributed by atoms with Crippen molar-refractivity contribution >= 4 is 28.8 Å². The largest absolute Gasteiger partial charge is 0.440 e. The van der Waals surface area contributed by atoms with E-state index in [1.54, 1.807) is 6.92 Å². The lowest BCUT2D eigenvalue weighted by molar-refractivity contribution is -0.115. The van der Waals surface area contributed by atoms with E-state index in [1.165, 1.54) is 11.3 Å². The average molecular weight is 367 g/mol. The van der Waals surface area contributed by atoms with Crippen LogP contribution in [-0.4, -0.2) is 16.8 Å². The standard InChI is InChI=1S/C19H17N3O3S/c1-10(12-5-6-14-13(8-12)9-16(23)21-14)20-18(24)17-11(2)25-19(22-17)15-4-3-7-26-15/h3-8,10H,9H2,1-2H3,(H,20,24)(H,21,23). The van der Waals surface area contributed by atoms with Gasteiger partial charge in [0.2, 0.25) is 11.8 Å². The van der Waals surface area contributed by atoms with E-state index in [1.807, 2.05) is 42.6 Å². The maximum atomic E-state index is 12.6. The minimum atomic E-state index is -0.281. The molecule has 7 heteroatoms. The maximum Gasteiger partial charge on any atom is 0.274 e. The zero-order valence-electron chi connectivity index (χ0n) is 14.3. The van der Waals surface area contributed by atoms with Crippen LogP contribution in [-0.2, 0) is 11.2 Å². The van der Waals surface area contributed by atoms with E-state index >= 15 is 0 Å². The highest BCUT2D eigenvalue weighted by molar-refractivity contribution is 7.13. The van der Waals surface area contributed by atoms with Crippen LogP contribution in [0.5, 0.6) is 0 Å². The molecule has 4 rings (SSSR count). The molecular formula is C19H17N3O3S. The van der Waals surface area contributed by atoms with Crippen molar-refractivity contribution in [2.75, 3.05) is 5.32 Å². The monoisotopic (exact) mass is 367 g/mol. The van der Waals surface area contributed by atoms with Gasteiger partial charge in [0.15, 0.2) is 5.69 Å². The number of fused-ring (bicyclic) bond motifs is 1. The Morgan fingerprint density at radius 2 is 2.23 bits per heavy atom. The Morgan fingerprint density at radius 3 is 3.00 bits per heavy atom. The highest BCUT2D eigenvalue weighted by Crippen LogP contribution is 2.28. The summed E-state index contributed by atoms with van der Waals surface area (Å²) in [5.74, 6) is 0.656. The Balaban J connectivity index is 1.52. The number of nitrogens with one attached hydrogen (secondary N) is 2. The van der Waals surface area contributed by atoms with E-state index in [0.717, 1.165) is 21.7 Å².